The fourth-order valence-electron chi connectivity index (χ4n) is 1.64. The van der Waals surface area contributed by atoms with Crippen LogP contribution in [-0.2, 0) is 0 Å². The van der Waals surface area contributed by atoms with Crippen molar-refractivity contribution in [2.24, 2.45) is 0 Å². The van der Waals surface area contributed by atoms with Gasteiger partial charge in [-0.3, -0.25) is 0 Å². The Hall–Kier alpha value is -1.10. The average molecular weight is 212 g/mol. The highest BCUT2D eigenvalue weighted by Crippen LogP contribution is 2.37. The van der Waals surface area contributed by atoms with E-state index in [4.69, 9.17) is 5.11 Å². The molecule has 0 saturated carbocycles. The summed E-state index contributed by atoms with van der Waals surface area (Å²) < 4.78 is 0. The molecule has 1 aliphatic heterocycles. The minimum absolute atomic E-state index is 0.267. The van der Waals surface area contributed by atoms with Crippen LogP contribution in [0.25, 0.3) is 0 Å². The van der Waals surface area contributed by atoms with Gasteiger partial charge in [-0.05, 0) is 6.07 Å². The maximum Gasteiger partial charge on any atom is 0.352 e. The Bertz CT molecular complexity index is 375. The number of anilines is 1. The van der Waals surface area contributed by atoms with E-state index in [1.54, 1.807) is 17.8 Å². The summed E-state index contributed by atoms with van der Waals surface area (Å²) in [6.45, 7) is 3.08. The molecule has 0 spiro atoms. The van der Waals surface area contributed by atoms with Gasteiger partial charge in [-0.25, -0.2) is 4.79 Å². The van der Waals surface area contributed by atoms with Crippen molar-refractivity contribution < 1.29 is 9.90 Å². The molecule has 0 amide bonds. The molecule has 4 nitrogen and oxygen atoms in total. The number of aromatic amines is 1. The van der Waals surface area contributed by atoms with Gasteiger partial charge < -0.3 is 15.0 Å². The number of H-pyrrole nitrogens is 1. The van der Waals surface area contributed by atoms with Gasteiger partial charge in [-0.15, -0.1) is 11.8 Å². The van der Waals surface area contributed by atoms with Gasteiger partial charge in [0.15, 0.2) is 0 Å². The van der Waals surface area contributed by atoms with Crippen LogP contribution in [0.3, 0.4) is 0 Å². The highest BCUT2D eigenvalue weighted by atomic mass is 32.2. The van der Waals surface area contributed by atoms with Crippen LogP contribution >= 0.6 is 11.8 Å². The lowest BCUT2D eigenvalue weighted by atomic mass is 10.4. The molecule has 1 aliphatic rings. The maximum absolute atomic E-state index is 10.7. The Kier molecular flexibility index (Phi) is 2.19. The SMILES string of the molecule is CC1CN(C)c2[nH]c(C(=O)O)cc2S1. The van der Waals surface area contributed by atoms with Crippen LogP contribution < -0.4 is 4.90 Å². The minimum Gasteiger partial charge on any atom is -0.477 e. The molecule has 0 aromatic carbocycles. The third-order valence-electron chi connectivity index (χ3n) is 2.23. The first-order valence-corrected chi connectivity index (χ1v) is 5.30. The Morgan fingerprint density at radius 2 is 2.50 bits per heavy atom. The van der Waals surface area contributed by atoms with Gasteiger partial charge in [0.25, 0.3) is 0 Å². The first kappa shape index (κ1) is 9.45. The summed E-state index contributed by atoms with van der Waals surface area (Å²) in [5.74, 6) is 0.0200. The number of carboxylic acids is 1. The number of hydrogen-bond donors (Lipinski definition) is 2. The van der Waals surface area contributed by atoms with Crippen molar-refractivity contribution in [2.45, 2.75) is 17.1 Å². The molecule has 1 aromatic heterocycles. The summed E-state index contributed by atoms with van der Waals surface area (Å²) in [6, 6.07) is 1.70. The second kappa shape index (κ2) is 3.24. The molecule has 0 radical (unpaired) electrons. The fraction of sp³-hybridized carbons (Fsp3) is 0.444. The predicted molar refractivity (Wildman–Crippen MR) is 56.3 cm³/mol. The van der Waals surface area contributed by atoms with E-state index in [-0.39, 0.29) is 5.69 Å². The van der Waals surface area contributed by atoms with Crippen LogP contribution in [0, 0.1) is 0 Å². The Balaban J connectivity index is 2.40. The second-order valence-electron chi connectivity index (χ2n) is 3.51. The molecule has 0 bridgehead atoms. The van der Waals surface area contributed by atoms with Gasteiger partial charge in [0, 0.05) is 18.8 Å². The van der Waals surface area contributed by atoms with Crippen molar-refractivity contribution in [1.82, 2.24) is 4.98 Å². The van der Waals surface area contributed by atoms with E-state index < -0.39 is 5.97 Å². The smallest absolute Gasteiger partial charge is 0.352 e. The van der Waals surface area contributed by atoms with Crippen molar-refractivity contribution in [3.05, 3.63) is 11.8 Å². The number of aromatic nitrogens is 1. The normalized spacial score (nSPS) is 20.7. The number of nitrogens with zero attached hydrogens (tertiary/aromatic N) is 1. The summed E-state index contributed by atoms with van der Waals surface area (Å²) in [6.07, 6.45) is 0. The van der Waals surface area contributed by atoms with Crippen molar-refractivity contribution >= 4 is 23.5 Å². The van der Waals surface area contributed by atoms with E-state index in [9.17, 15) is 4.79 Å². The third-order valence-corrected chi connectivity index (χ3v) is 3.35. The van der Waals surface area contributed by atoms with Gasteiger partial charge in [0.05, 0.1) is 4.90 Å². The summed E-state index contributed by atoms with van der Waals surface area (Å²) in [7, 11) is 1.97. The lowest BCUT2D eigenvalue weighted by Crippen LogP contribution is -2.29. The van der Waals surface area contributed by atoms with E-state index in [1.165, 1.54) is 0 Å². The second-order valence-corrected chi connectivity index (χ2v) is 4.99. The molecule has 2 rings (SSSR count). The fourth-order valence-corrected chi connectivity index (χ4v) is 2.88. The molecule has 0 fully saturated rings. The van der Waals surface area contributed by atoms with Crippen molar-refractivity contribution in [2.75, 3.05) is 18.5 Å². The largest absolute Gasteiger partial charge is 0.477 e. The first-order chi connectivity index (χ1) is 6.58. The molecule has 2 heterocycles. The Morgan fingerprint density at radius 3 is 3.14 bits per heavy atom. The van der Waals surface area contributed by atoms with Crippen LogP contribution in [0.4, 0.5) is 5.82 Å². The number of carboxylic acid groups (broad SMARTS) is 1. The average Bonchev–Trinajstić information content (AvgIpc) is 2.47. The topological polar surface area (TPSA) is 56.3 Å². The van der Waals surface area contributed by atoms with Crippen LogP contribution in [0.2, 0.25) is 0 Å². The number of fused-ring (bicyclic) bond motifs is 1. The highest BCUT2D eigenvalue weighted by Gasteiger charge is 2.23. The number of aromatic carboxylic acids is 1. The number of rotatable bonds is 1. The molecular weight excluding hydrogens is 200 g/mol. The molecule has 2 N–H and O–H groups in total. The molecule has 76 valence electrons. The van der Waals surface area contributed by atoms with Gasteiger partial charge in [0.2, 0.25) is 0 Å². The monoisotopic (exact) mass is 212 g/mol. The zero-order valence-electron chi connectivity index (χ0n) is 8.07. The molecular formula is C9H12N2O2S. The van der Waals surface area contributed by atoms with Gasteiger partial charge in [-0.2, -0.15) is 0 Å². The van der Waals surface area contributed by atoms with E-state index in [0.717, 1.165) is 17.3 Å². The summed E-state index contributed by atoms with van der Waals surface area (Å²) in [5.41, 5.74) is 0.267. The Morgan fingerprint density at radius 1 is 1.79 bits per heavy atom. The van der Waals surface area contributed by atoms with E-state index in [1.807, 2.05) is 7.05 Å². The van der Waals surface area contributed by atoms with Gasteiger partial charge in [-0.1, -0.05) is 6.92 Å². The minimum atomic E-state index is -0.902. The number of hydrogen-bond acceptors (Lipinski definition) is 3. The van der Waals surface area contributed by atoms with E-state index >= 15 is 0 Å². The molecule has 1 aromatic rings. The standard InChI is InChI=1S/C9H12N2O2S/c1-5-4-11(2)8-7(14-5)3-6(10-8)9(12)13/h3,5,10H,4H2,1-2H3,(H,12,13). The van der Waals surface area contributed by atoms with Crippen LogP contribution in [0.5, 0.6) is 0 Å². The van der Waals surface area contributed by atoms with Crippen LogP contribution in [0.1, 0.15) is 17.4 Å². The zero-order valence-corrected chi connectivity index (χ0v) is 8.89. The number of thioether (sulfide) groups is 1. The molecule has 14 heavy (non-hydrogen) atoms. The summed E-state index contributed by atoms with van der Waals surface area (Å²) in [4.78, 5) is 16.7. The molecule has 0 aliphatic carbocycles. The maximum atomic E-state index is 10.7. The number of nitrogens with one attached hydrogen (secondary N) is 1. The summed E-state index contributed by atoms with van der Waals surface area (Å²) >= 11 is 1.72. The van der Waals surface area contributed by atoms with Crippen LogP contribution in [-0.4, -0.2) is 34.9 Å². The van der Waals surface area contributed by atoms with E-state index in [2.05, 4.69) is 16.8 Å². The molecule has 5 heteroatoms. The molecule has 1 unspecified atom stereocenters. The highest BCUT2D eigenvalue weighted by molar-refractivity contribution is 8.00. The van der Waals surface area contributed by atoms with Crippen molar-refractivity contribution in [3.63, 3.8) is 0 Å². The Labute approximate surface area is 86.3 Å². The van der Waals surface area contributed by atoms with Crippen molar-refractivity contribution in [1.29, 1.82) is 0 Å². The lowest BCUT2D eigenvalue weighted by molar-refractivity contribution is 0.0691. The molecule has 1 atom stereocenters. The van der Waals surface area contributed by atoms with E-state index in [0.29, 0.717) is 5.25 Å². The van der Waals surface area contributed by atoms with Gasteiger partial charge in [0.1, 0.15) is 11.5 Å². The number of carbonyl (C=O) groups is 1. The van der Waals surface area contributed by atoms with Crippen LogP contribution in [0.15, 0.2) is 11.0 Å². The zero-order chi connectivity index (χ0) is 10.3. The quantitative estimate of drug-likeness (QED) is 0.743. The molecule has 0 saturated heterocycles. The lowest BCUT2D eigenvalue weighted by Gasteiger charge is -2.28. The third kappa shape index (κ3) is 1.48. The predicted octanol–water partition coefficient (Wildman–Crippen LogP) is 1.64. The first-order valence-electron chi connectivity index (χ1n) is 4.42. The van der Waals surface area contributed by atoms with Crippen molar-refractivity contribution in [3.8, 4) is 0 Å². The summed E-state index contributed by atoms with van der Waals surface area (Å²) in [5, 5.41) is 9.33. The van der Waals surface area contributed by atoms with Gasteiger partial charge >= 0.3 is 5.97 Å².